The summed E-state index contributed by atoms with van der Waals surface area (Å²) in [7, 11) is 0. The molecule has 0 radical (unpaired) electrons. The Labute approximate surface area is 310 Å². The third-order valence-electron chi connectivity index (χ3n) is 9.59. The Hall–Kier alpha value is -7.20. The first kappa shape index (κ1) is 33.9. The third kappa shape index (κ3) is 5.89. The number of esters is 1. The van der Waals surface area contributed by atoms with E-state index in [1.807, 2.05) is 108 Å². The van der Waals surface area contributed by atoms with E-state index in [1.54, 1.807) is 23.6 Å². The molecule has 0 bridgehead atoms. The lowest BCUT2D eigenvalue weighted by atomic mass is 9.77. The van der Waals surface area contributed by atoms with Crippen LogP contribution < -0.4 is 0 Å². The van der Waals surface area contributed by atoms with Gasteiger partial charge in [0.15, 0.2) is 5.82 Å². The molecule has 0 aliphatic carbocycles. The number of hydrogen-bond donors (Lipinski definition) is 1. The Balaban J connectivity index is 1.24. The largest absolute Gasteiger partial charge is 0.478 e. The Kier molecular flexibility index (Phi) is 9.07. The van der Waals surface area contributed by atoms with E-state index in [-0.39, 0.29) is 24.5 Å². The number of ether oxygens (including phenoxy) is 1. The number of rotatable bonds is 11. The smallest absolute Gasteiger partial charge is 0.374 e. The number of carbonyl (C=O) groups is 2. The average Bonchev–Trinajstić information content (AvgIpc) is 3.86. The number of carbonyl (C=O) groups excluding carboxylic acids is 1. The molecule has 1 N–H and O–H groups in total. The zero-order valence-corrected chi connectivity index (χ0v) is 29.3. The highest BCUT2D eigenvalue weighted by Crippen LogP contribution is 2.43. The summed E-state index contributed by atoms with van der Waals surface area (Å²) in [5, 5.41) is 23.7. The first-order valence-corrected chi connectivity index (χ1v) is 17.5. The van der Waals surface area contributed by atoms with Crippen molar-refractivity contribution in [2.45, 2.75) is 19.0 Å². The first-order valence-electron chi connectivity index (χ1n) is 17.5. The molecule has 0 amide bonds. The fraction of sp³-hybridized carbons (Fsp3) is 0.0909. The van der Waals surface area contributed by atoms with Crippen molar-refractivity contribution in [1.29, 1.82) is 0 Å². The summed E-state index contributed by atoms with van der Waals surface area (Å²) in [6.07, 6.45) is 0. The molecule has 10 nitrogen and oxygen atoms in total. The van der Waals surface area contributed by atoms with Crippen LogP contribution in [0.4, 0.5) is 0 Å². The van der Waals surface area contributed by atoms with Crippen LogP contribution in [0.2, 0.25) is 0 Å². The Morgan fingerprint density at radius 2 is 1.26 bits per heavy atom. The number of benzene rings is 6. The highest BCUT2D eigenvalue weighted by atomic mass is 16.5. The molecule has 2 heterocycles. The van der Waals surface area contributed by atoms with Gasteiger partial charge in [-0.1, -0.05) is 146 Å². The van der Waals surface area contributed by atoms with E-state index in [4.69, 9.17) is 9.95 Å². The van der Waals surface area contributed by atoms with E-state index < -0.39 is 17.5 Å². The van der Waals surface area contributed by atoms with Gasteiger partial charge in [-0.25, -0.2) is 19.3 Å². The lowest BCUT2D eigenvalue weighted by molar-refractivity contribution is 0.0506. The topological polar surface area (TPSA) is 125 Å². The van der Waals surface area contributed by atoms with Crippen molar-refractivity contribution in [2.24, 2.45) is 0 Å². The average molecular weight is 711 g/mol. The molecule has 0 aliphatic rings. The van der Waals surface area contributed by atoms with Gasteiger partial charge in [-0.05, 0) is 62.9 Å². The molecule has 264 valence electrons. The molecule has 0 spiro atoms. The summed E-state index contributed by atoms with van der Waals surface area (Å²) >= 11 is 0. The van der Waals surface area contributed by atoms with Gasteiger partial charge in [0.05, 0.1) is 23.2 Å². The molecular weight excluding hydrogens is 677 g/mol. The maximum absolute atomic E-state index is 13.0. The molecule has 0 fully saturated rings. The number of carboxylic acid groups (broad SMARTS) is 1. The zero-order chi connectivity index (χ0) is 37.1. The van der Waals surface area contributed by atoms with Crippen molar-refractivity contribution in [1.82, 2.24) is 29.8 Å². The van der Waals surface area contributed by atoms with Gasteiger partial charge in [0.25, 0.3) is 0 Å². The number of para-hydroxylation sites is 1. The van der Waals surface area contributed by atoms with Gasteiger partial charge >= 0.3 is 11.9 Å². The summed E-state index contributed by atoms with van der Waals surface area (Å²) in [6.45, 7) is 2.07. The van der Waals surface area contributed by atoms with Crippen LogP contribution in [0.3, 0.4) is 0 Å². The van der Waals surface area contributed by atoms with Gasteiger partial charge in [-0.2, -0.15) is 0 Å². The van der Waals surface area contributed by atoms with Crippen molar-refractivity contribution < 1.29 is 19.4 Å². The van der Waals surface area contributed by atoms with Gasteiger partial charge in [-0.3, -0.25) is 0 Å². The first-order chi connectivity index (χ1) is 26.5. The number of aromatic carboxylic acids is 1. The molecule has 0 saturated carbocycles. The van der Waals surface area contributed by atoms with Crippen LogP contribution >= 0.6 is 0 Å². The van der Waals surface area contributed by atoms with Crippen LogP contribution in [-0.4, -0.2) is 53.4 Å². The van der Waals surface area contributed by atoms with Crippen LogP contribution in [0.5, 0.6) is 0 Å². The highest BCUT2D eigenvalue weighted by Gasteiger charge is 2.42. The van der Waals surface area contributed by atoms with Crippen molar-refractivity contribution in [3.05, 3.63) is 191 Å². The Bertz CT molecular complexity index is 2490. The molecule has 8 rings (SSSR count). The van der Waals surface area contributed by atoms with Crippen LogP contribution in [0.25, 0.3) is 33.5 Å². The summed E-state index contributed by atoms with van der Waals surface area (Å²) in [5.41, 5.74) is 6.38. The van der Waals surface area contributed by atoms with Gasteiger partial charge in [0.2, 0.25) is 5.82 Å². The fourth-order valence-electron chi connectivity index (χ4n) is 7.25. The zero-order valence-electron chi connectivity index (χ0n) is 29.3. The number of nitrogens with zero attached hydrogens (tertiary/aromatic N) is 6. The van der Waals surface area contributed by atoms with E-state index >= 15 is 0 Å². The van der Waals surface area contributed by atoms with Crippen molar-refractivity contribution in [3.8, 4) is 22.5 Å². The van der Waals surface area contributed by atoms with Crippen molar-refractivity contribution in [3.63, 3.8) is 0 Å². The van der Waals surface area contributed by atoms with Gasteiger partial charge in [0.1, 0.15) is 5.54 Å². The number of hydrogen-bond acceptors (Lipinski definition) is 7. The monoisotopic (exact) mass is 710 g/mol. The summed E-state index contributed by atoms with van der Waals surface area (Å²) in [6, 6.07) is 51.6. The maximum atomic E-state index is 13.0. The lowest BCUT2D eigenvalue weighted by Gasteiger charge is -2.36. The van der Waals surface area contributed by atoms with E-state index in [9.17, 15) is 14.7 Å². The SMILES string of the molecule is CCOC(=O)c1nc2cccc(C(=O)O)c2n1Cc1ccc(-c2ccccc2-c2nnnn2C(c2ccccc2)(c2ccccc2)c2ccccc2)cc1. The highest BCUT2D eigenvalue weighted by molar-refractivity contribution is 6.03. The van der Waals surface area contributed by atoms with E-state index in [2.05, 4.69) is 51.7 Å². The van der Waals surface area contributed by atoms with Gasteiger partial charge in [-0.15, -0.1) is 5.10 Å². The molecule has 0 aliphatic heterocycles. The van der Waals surface area contributed by atoms with Crippen molar-refractivity contribution in [2.75, 3.05) is 6.61 Å². The predicted molar refractivity (Wildman–Crippen MR) is 205 cm³/mol. The summed E-state index contributed by atoms with van der Waals surface area (Å²) in [4.78, 5) is 29.7. The van der Waals surface area contributed by atoms with Crippen LogP contribution in [0, 0.1) is 0 Å². The maximum Gasteiger partial charge on any atom is 0.374 e. The normalized spacial score (nSPS) is 11.4. The lowest BCUT2D eigenvalue weighted by Crippen LogP contribution is -2.39. The molecule has 10 heteroatoms. The number of imidazole rings is 1. The second-order valence-electron chi connectivity index (χ2n) is 12.7. The standard InChI is InChI=1S/C44H34N6O4/c1-2-54-43(53)41-45-38-24-14-23-37(42(51)52)39(38)49(41)29-30-25-27-31(28-26-30)35-21-12-13-22-36(35)40-46-47-48-50(40)44(32-15-6-3-7-16-32,33-17-8-4-9-18-33)34-19-10-5-11-20-34/h3-28H,2,29H2,1H3,(H,51,52). The second kappa shape index (κ2) is 14.4. The minimum atomic E-state index is -1.11. The number of tetrazole rings is 1. The summed E-state index contributed by atoms with van der Waals surface area (Å²) < 4.78 is 8.83. The minimum Gasteiger partial charge on any atom is -0.478 e. The Morgan fingerprint density at radius 3 is 1.83 bits per heavy atom. The minimum absolute atomic E-state index is 0.0422. The van der Waals surface area contributed by atoms with Gasteiger partial charge < -0.3 is 14.4 Å². The predicted octanol–water partition coefficient (Wildman–Crippen LogP) is 8.12. The number of carboxylic acids is 1. The Morgan fingerprint density at radius 1 is 0.685 bits per heavy atom. The molecule has 2 aromatic heterocycles. The van der Waals surface area contributed by atoms with Crippen LogP contribution in [0.15, 0.2) is 158 Å². The van der Waals surface area contributed by atoms with Crippen LogP contribution in [0.1, 0.15) is 50.2 Å². The van der Waals surface area contributed by atoms with E-state index in [1.165, 1.54) is 6.07 Å². The van der Waals surface area contributed by atoms with Gasteiger partial charge in [0, 0.05) is 12.1 Å². The third-order valence-corrected chi connectivity index (χ3v) is 9.59. The second-order valence-corrected chi connectivity index (χ2v) is 12.7. The summed E-state index contributed by atoms with van der Waals surface area (Å²) in [5.74, 6) is -1.11. The molecule has 0 saturated heterocycles. The molecule has 8 aromatic rings. The van der Waals surface area contributed by atoms with E-state index in [0.717, 1.165) is 38.9 Å². The molecule has 0 atom stereocenters. The number of aromatic nitrogens is 6. The van der Waals surface area contributed by atoms with E-state index in [0.29, 0.717) is 16.9 Å². The van der Waals surface area contributed by atoms with Crippen molar-refractivity contribution >= 4 is 23.0 Å². The fourth-order valence-corrected chi connectivity index (χ4v) is 7.25. The van der Waals surface area contributed by atoms with Crippen LogP contribution in [-0.2, 0) is 16.8 Å². The molecule has 54 heavy (non-hydrogen) atoms. The molecule has 0 unspecified atom stereocenters. The molecular formula is C44H34N6O4. The molecule has 6 aromatic carbocycles. The number of fused-ring (bicyclic) bond motifs is 1. The quantitative estimate of drug-likeness (QED) is 0.105.